The van der Waals surface area contributed by atoms with E-state index in [0.717, 1.165) is 36.3 Å². The van der Waals surface area contributed by atoms with Crippen molar-refractivity contribution in [3.63, 3.8) is 0 Å². The number of pyridine rings is 1. The number of carbonyl (C=O) groups excluding carboxylic acids is 2. The first-order valence-corrected chi connectivity index (χ1v) is 18.4. The molecule has 0 bridgehead atoms. The summed E-state index contributed by atoms with van der Waals surface area (Å²) in [5, 5.41) is 10.1. The van der Waals surface area contributed by atoms with Gasteiger partial charge in [0.15, 0.2) is 0 Å². The standard InChI is InChI=1S/C43H47FN6O4/c1-28-22-30-8-6-7-9-33(30)27-49(28)42(52)32-10-15-39(44)38(24-32)40-25-37(29(2)48(40)19-18-46(3)20-21-54-5)43(53)50(34-11-13-36(51)14-12-34)35-23-31-16-17-47(4)41(31)45-26-35/h6-15,23-26,28,51H,16-22,27H2,1-5H3/t28-/m1/s1. The molecule has 5 aromatic rings. The Morgan fingerprint density at radius 2 is 1.74 bits per heavy atom. The van der Waals surface area contributed by atoms with Crippen LogP contribution in [0.15, 0.2) is 85.1 Å². The van der Waals surface area contributed by atoms with Gasteiger partial charge in [0.1, 0.15) is 17.4 Å². The first kappa shape index (κ1) is 36.8. The number of halogens is 1. The van der Waals surface area contributed by atoms with Crippen molar-refractivity contribution in [2.45, 2.75) is 45.8 Å². The summed E-state index contributed by atoms with van der Waals surface area (Å²) in [6, 6.07) is 22.8. The number of hydrogen-bond acceptors (Lipinski definition) is 7. The smallest absolute Gasteiger partial charge is 0.264 e. The molecule has 10 nitrogen and oxygen atoms in total. The number of amides is 2. The molecule has 7 rings (SSSR count). The van der Waals surface area contributed by atoms with E-state index in [9.17, 15) is 14.7 Å². The van der Waals surface area contributed by atoms with E-state index in [4.69, 9.17) is 9.72 Å². The number of anilines is 3. The molecule has 11 heteroatoms. The first-order chi connectivity index (χ1) is 26.0. The van der Waals surface area contributed by atoms with Crippen molar-refractivity contribution in [2.75, 3.05) is 57.2 Å². The molecule has 54 heavy (non-hydrogen) atoms. The summed E-state index contributed by atoms with van der Waals surface area (Å²) in [7, 11) is 5.65. The maximum absolute atomic E-state index is 16.1. The van der Waals surface area contributed by atoms with Crippen molar-refractivity contribution in [1.29, 1.82) is 0 Å². The Morgan fingerprint density at radius 1 is 0.981 bits per heavy atom. The van der Waals surface area contributed by atoms with Crippen molar-refractivity contribution >= 4 is 29.0 Å². The minimum atomic E-state index is -0.489. The molecule has 280 valence electrons. The number of phenolic OH excluding ortho intramolecular Hbond substituents is 1. The van der Waals surface area contributed by atoms with Crippen LogP contribution in [-0.2, 0) is 30.7 Å². The number of carbonyl (C=O) groups is 2. The van der Waals surface area contributed by atoms with Gasteiger partial charge in [-0.15, -0.1) is 0 Å². The van der Waals surface area contributed by atoms with Crippen molar-refractivity contribution in [3.8, 4) is 17.0 Å². The summed E-state index contributed by atoms with van der Waals surface area (Å²) in [6.07, 6.45) is 3.24. The fraction of sp³-hybridized carbons (Fsp3) is 0.326. The highest BCUT2D eigenvalue weighted by atomic mass is 19.1. The number of hydrogen-bond donors (Lipinski definition) is 1. The lowest BCUT2D eigenvalue weighted by molar-refractivity contribution is 0.0658. The lowest BCUT2D eigenvalue weighted by Crippen LogP contribution is -2.42. The minimum absolute atomic E-state index is 0.0288. The highest BCUT2D eigenvalue weighted by Gasteiger charge is 2.31. The predicted molar refractivity (Wildman–Crippen MR) is 209 cm³/mol. The van der Waals surface area contributed by atoms with Gasteiger partial charge >= 0.3 is 0 Å². The van der Waals surface area contributed by atoms with E-state index in [1.807, 2.05) is 61.7 Å². The Labute approximate surface area is 316 Å². The molecule has 0 spiro atoms. The zero-order chi connectivity index (χ0) is 38.1. The summed E-state index contributed by atoms with van der Waals surface area (Å²) >= 11 is 0. The Kier molecular flexibility index (Phi) is 10.5. The van der Waals surface area contributed by atoms with E-state index < -0.39 is 5.82 Å². The third-order valence-electron chi connectivity index (χ3n) is 10.8. The molecule has 2 amide bonds. The molecule has 4 heterocycles. The third kappa shape index (κ3) is 7.21. The van der Waals surface area contributed by atoms with Crippen LogP contribution in [-0.4, -0.2) is 89.8 Å². The Hall–Kier alpha value is -5.52. The van der Waals surface area contributed by atoms with Crippen LogP contribution >= 0.6 is 0 Å². The number of methoxy groups -OCH3 is 1. The van der Waals surface area contributed by atoms with Gasteiger partial charge in [-0.1, -0.05) is 24.3 Å². The Bertz CT molecular complexity index is 2180. The van der Waals surface area contributed by atoms with Gasteiger partial charge in [-0.05, 0) is 105 Å². The lowest BCUT2D eigenvalue weighted by Gasteiger charge is -2.35. The number of phenols is 1. The quantitative estimate of drug-likeness (QED) is 0.159. The van der Waals surface area contributed by atoms with Gasteiger partial charge in [0, 0.05) is 75.4 Å². The van der Waals surface area contributed by atoms with E-state index in [0.29, 0.717) is 66.7 Å². The van der Waals surface area contributed by atoms with Crippen LogP contribution in [0.1, 0.15) is 50.0 Å². The molecule has 0 fully saturated rings. The van der Waals surface area contributed by atoms with Gasteiger partial charge in [0.25, 0.3) is 11.8 Å². The summed E-state index contributed by atoms with van der Waals surface area (Å²) in [5.41, 5.74) is 6.69. The Morgan fingerprint density at radius 3 is 2.50 bits per heavy atom. The van der Waals surface area contributed by atoms with Gasteiger partial charge in [-0.3, -0.25) is 14.5 Å². The van der Waals surface area contributed by atoms with Crippen LogP contribution in [0.3, 0.4) is 0 Å². The molecule has 1 atom stereocenters. The first-order valence-electron chi connectivity index (χ1n) is 18.4. The molecule has 0 saturated carbocycles. The molecular weight excluding hydrogens is 684 g/mol. The van der Waals surface area contributed by atoms with Crippen LogP contribution < -0.4 is 9.80 Å². The van der Waals surface area contributed by atoms with Crippen LogP contribution in [0.2, 0.25) is 0 Å². The number of nitrogens with zero attached hydrogens (tertiary/aromatic N) is 6. The number of aromatic nitrogens is 2. The van der Waals surface area contributed by atoms with E-state index in [2.05, 4.69) is 15.9 Å². The van der Waals surface area contributed by atoms with Crippen LogP contribution in [0.4, 0.5) is 21.6 Å². The second kappa shape index (κ2) is 15.5. The number of aromatic hydroxyl groups is 1. The number of benzene rings is 3. The normalized spacial score (nSPS) is 15.1. The van der Waals surface area contributed by atoms with E-state index in [1.165, 1.54) is 11.6 Å². The van der Waals surface area contributed by atoms with Crippen molar-refractivity contribution < 1.29 is 23.8 Å². The molecule has 2 aliphatic rings. The van der Waals surface area contributed by atoms with Crippen molar-refractivity contribution in [3.05, 3.63) is 124 Å². The van der Waals surface area contributed by atoms with Gasteiger partial charge in [0.2, 0.25) is 0 Å². The molecule has 0 saturated heterocycles. The van der Waals surface area contributed by atoms with Gasteiger partial charge in [0.05, 0.1) is 29.7 Å². The number of rotatable bonds is 11. The van der Waals surface area contributed by atoms with E-state index >= 15 is 4.39 Å². The summed E-state index contributed by atoms with van der Waals surface area (Å²) in [6.45, 7) is 7.54. The maximum Gasteiger partial charge on any atom is 0.264 e. The average Bonchev–Trinajstić information content (AvgIpc) is 3.71. The second-order valence-corrected chi connectivity index (χ2v) is 14.4. The van der Waals surface area contributed by atoms with Crippen molar-refractivity contribution in [2.24, 2.45) is 0 Å². The molecule has 2 aromatic heterocycles. The SMILES string of the molecule is COCCN(C)CCn1c(-c2cc(C(=O)N3Cc4ccccc4C[C@H]3C)ccc2F)cc(C(=O)N(c2ccc(O)cc2)c2cnc3c(c2)CCN3C)c1C. The highest BCUT2D eigenvalue weighted by molar-refractivity contribution is 6.12. The number of fused-ring (bicyclic) bond motifs is 2. The molecule has 3 aromatic carbocycles. The average molecular weight is 731 g/mol. The molecule has 0 aliphatic carbocycles. The van der Waals surface area contributed by atoms with Crippen LogP contribution in [0.25, 0.3) is 11.3 Å². The van der Waals surface area contributed by atoms with E-state index in [1.54, 1.807) is 60.7 Å². The molecule has 0 unspecified atom stereocenters. The Balaban J connectivity index is 1.30. The van der Waals surface area contributed by atoms with Crippen LogP contribution in [0.5, 0.6) is 5.75 Å². The van der Waals surface area contributed by atoms with Gasteiger partial charge < -0.3 is 29.1 Å². The zero-order valence-corrected chi connectivity index (χ0v) is 31.6. The molecule has 1 N–H and O–H groups in total. The summed E-state index contributed by atoms with van der Waals surface area (Å²) < 4.78 is 23.4. The van der Waals surface area contributed by atoms with Gasteiger partial charge in [-0.2, -0.15) is 0 Å². The summed E-state index contributed by atoms with van der Waals surface area (Å²) in [5.74, 6) is -0.0249. The van der Waals surface area contributed by atoms with Gasteiger partial charge in [-0.25, -0.2) is 9.37 Å². The predicted octanol–water partition coefficient (Wildman–Crippen LogP) is 6.84. The topological polar surface area (TPSA) is 94.4 Å². The largest absolute Gasteiger partial charge is 0.508 e. The lowest BCUT2D eigenvalue weighted by atomic mass is 9.94. The number of likely N-dealkylation sites (N-methyl/N-ethyl adjacent to an activating group) is 2. The third-order valence-corrected chi connectivity index (χ3v) is 10.8. The minimum Gasteiger partial charge on any atom is -0.508 e. The molecule has 2 aliphatic heterocycles. The number of ether oxygens (including phenoxy) is 1. The highest BCUT2D eigenvalue weighted by Crippen LogP contribution is 2.36. The fourth-order valence-corrected chi connectivity index (χ4v) is 7.61. The fourth-order valence-electron chi connectivity index (χ4n) is 7.61. The maximum atomic E-state index is 16.1. The molecular formula is C43H47FN6O4. The van der Waals surface area contributed by atoms with Crippen molar-refractivity contribution in [1.82, 2.24) is 19.4 Å². The second-order valence-electron chi connectivity index (χ2n) is 14.4. The summed E-state index contributed by atoms with van der Waals surface area (Å²) in [4.78, 5) is 41.4. The monoisotopic (exact) mass is 730 g/mol. The zero-order valence-electron chi connectivity index (χ0n) is 31.6. The van der Waals surface area contributed by atoms with E-state index in [-0.39, 0.29) is 29.2 Å². The van der Waals surface area contributed by atoms with Crippen LogP contribution in [0, 0.1) is 12.7 Å². The molecule has 0 radical (unpaired) electrons.